The van der Waals surface area contributed by atoms with Gasteiger partial charge in [0.15, 0.2) is 0 Å². The summed E-state index contributed by atoms with van der Waals surface area (Å²) in [6.45, 7) is 2.07. The molecule has 1 heterocycles. The largest absolute Gasteiger partial charge is 0.425 e. The van der Waals surface area contributed by atoms with E-state index in [1.54, 1.807) is 0 Å². The van der Waals surface area contributed by atoms with E-state index < -0.39 is 59.3 Å². The predicted molar refractivity (Wildman–Crippen MR) is 87.2 cm³/mol. The lowest BCUT2D eigenvalue weighted by Gasteiger charge is -2.19. The zero-order chi connectivity index (χ0) is 13.3. The van der Waals surface area contributed by atoms with Crippen molar-refractivity contribution in [2.75, 3.05) is 0 Å². The van der Waals surface area contributed by atoms with Crippen LogP contribution in [-0.4, -0.2) is 59.3 Å². The summed E-state index contributed by atoms with van der Waals surface area (Å²) < 4.78 is 33.6. The quantitative estimate of drug-likeness (QED) is 0.467. The molecule has 2 rings (SSSR count). The number of rotatable bonds is 1. The van der Waals surface area contributed by atoms with Gasteiger partial charge in [-0.1, -0.05) is 29.8 Å². The Balaban J connectivity index is 1.92. The van der Waals surface area contributed by atoms with Gasteiger partial charge in [0.25, 0.3) is 50.0 Å². The Morgan fingerprint density at radius 1 is 0.737 bits per heavy atom. The van der Waals surface area contributed by atoms with Crippen molar-refractivity contribution in [3.8, 4) is 0 Å². The lowest BCUT2D eigenvalue weighted by molar-refractivity contribution is 0.341. The van der Waals surface area contributed by atoms with Gasteiger partial charge in [0.05, 0.1) is 0 Å². The van der Waals surface area contributed by atoms with Crippen LogP contribution in [0.25, 0.3) is 0 Å². The molecule has 0 unspecified atom stereocenters. The first-order valence-electron chi connectivity index (χ1n) is 5.97. The van der Waals surface area contributed by atoms with E-state index in [0.717, 1.165) is 5.19 Å². The molecule has 1 aromatic rings. The Hall–Kier alpha value is 0.281. The standard InChI is InChI=1S/C7H18O6Si6/c1-6-2-4-7(5-3-6)19-12-17-10-15-8-14-9-16-11-18-13-19/h2-5,19H,14-18H2,1H3. The average molecular weight is 367 g/mol. The molecule has 1 saturated heterocycles. The molecule has 6 nitrogen and oxygen atoms in total. The molecule has 0 radical (unpaired) electrons. The van der Waals surface area contributed by atoms with Crippen molar-refractivity contribution in [1.82, 2.24) is 0 Å². The fourth-order valence-electron chi connectivity index (χ4n) is 1.50. The first-order chi connectivity index (χ1) is 9.36. The molecule has 0 N–H and O–H groups in total. The molecule has 1 fully saturated rings. The molecule has 1 aliphatic rings. The molecule has 19 heavy (non-hydrogen) atoms. The molecule has 1 aromatic carbocycles. The minimum atomic E-state index is -1.84. The Kier molecular flexibility index (Phi) is 7.64. The molecule has 106 valence electrons. The van der Waals surface area contributed by atoms with Gasteiger partial charge in [0.2, 0.25) is 0 Å². The minimum Gasteiger partial charge on any atom is -0.425 e. The maximum absolute atomic E-state index is 5.87. The van der Waals surface area contributed by atoms with Gasteiger partial charge in [0.1, 0.15) is 0 Å². The second-order valence-corrected chi connectivity index (χ2v) is 15.7. The third-order valence-corrected chi connectivity index (χ3v) is 12.2. The predicted octanol–water partition coefficient (Wildman–Crippen LogP) is -4.47. The molecular weight excluding hydrogens is 349 g/mol. The van der Waals surface area contributed by atoms with E-state index in [9.17, 15) is 0 Å². The Morgan fingerprint density at radius 3 is 1.74 bits per heavy atom. The van der Waals surface area contributed by atoms with Gasteiger partial charge in [-0.05, 0) is 12.1 Å². The molecule has 0 spiro atoms. The highest BCUT2D eigenvalue weighted by molar-refractivity contribution is 6.69. The molecule has 0 amide bonds. The van der Waals surface area contributed by atoms with E-state index in [1.807, 2.05) is 0 Å². The van der Waals surface area contributed by atoms with Crippen molar-refractivity contribution >= 4 is 64.5 Å². The molecule has 1 aliphatic heterocycles. The van der Waals surface area contributed by atoms with E-state index >= 15 is 0 Å². The zero-order valence-corrected chi connectivity index (χ0v) is 19.1. The summed E-state index contributed by atoms with van der Waals surface area (Å²) in [5.74, 6) is 0. The van der Waals surface area contributed by atoms with Crippen LogP contribution in [0.4, 0.5) is 0 Å². The van der Waals surface area contributed by atoms with Gasteiger partial charge in [0, 0.05) is 0 Å². The summed E-state index contributed by atoms with van der Waals surface area (Å²) in [5.41, 5.74) is 1.24. The van der Waals surface area contributed by atoms with Crippen LogP contribution in [0.2, 0.25) is 0 Å². The summed E-state index contributed by atoms with van der Waals surface area (Å²) in [5, 5.41) is 1.15. The van der Waals surface area contributed by atoms with E-state index in [1.165, 1.54) is 5.56 Å². The maximum Gasteiger partial charge on any atom is 0.337 e. The number of benzene rings is 1. The van der Waals surface area contributed by atoms with Crippen LogP contribution < -0.4 is 5.19 Å². The fourth-order valence-corrected chi connectivity index (χ4v) is 14.0. The lowest BCUT2D eigenvalue weighted by Crippen LogP contribution is -2.41. The summed E-state index contributed by atoms with van der Waals surface area (Å²) in [4.78, 5) is 0. The second kappa shape index (κ2) is 9.26. The van der Waals surface area contributed by atoms with Gasteiger partial charge >= 0.3 is 9.28 Å². The van der Waals surface area contributed by atoms with Gasteiger partial charge in [-0.3, -0.25) is 0 Å². The summed E-state index contributed by atoms with van der Waals surface area (Å²) in [7, 11) is -6.51. The topological polar surface area (TPSA) is 55.4 Å². The highest BCUT2D eigenvalue weighted by Crippen LogP contribution is 1.97. The SMILES string of the molecule is Cc1ccc([SiH]2O[SiH2]O[SiH2]O[SiH2]O[SiH2]O[SiH2]O2)cc1. The smallest absolute Gasteiger partial charge is 0.337 e. The number of hydrogen-bond donors (Lipinski definition) is 0. The fraction of sp³-hybridized carbons (Fsp3) is 0.143. The third-order valence-electron chi connectivity index (χ3n) is 2.46. The van der Waals surface area contributed by atoms with Gasteiger partial charge in [-0.2, -0.15) is 0 Å². The molecule has 12 heteroatoms. The maximum atomic E-state index is 5.87. The van der Waals surface area contributed by atoms with E-state index in [0.29, 0.717) is 0 Å². The second-order valence-electron chi connectivity index (χ2n) is 3.98. The van der Waals surface area contributed by atoms with Crippen molar-refractivity contribution in [3.63, 3.8) is 0 Å². The van der Waals surface area contributed by atoms with Crippen LogP contribution in [0.15, 0.2) is 24.3 Å². The first-order valence-corrected chi connectivity index (χ1v) is 13.3. The average Bonchev–Trinajstić information content (AvgIpc) is 2.41. The van der Waals surface area contributed by atoms with Crippen LogP contribution in [0.1, 0.15) is 5.56 Å². The van der Waals surface area contributed by atoms with Gasteiger partial charge in [-0.15, -0.1) is 0 Å². The first kappa shape index (κ1) is 15.7. The minimum absolute atomic E-state index is 0.863. The van der Waals surface area contributed by atoms with Crippen LogP contribution in [0.3, 0.4) is 0 Å². The van der Waals surface area contributed by atoms with Crippen LogP contribution >= 0.6 is 0 Å². The summed E-state index contributed by atoms with van der Waals surface area (Å²) in [6, 6.07) is 8.32. The third kappa shape index (κ3) is 6.06. The molecule has 0 atom stereocenters. The number of hydrogen-bond acceptors (Lipinski definition) is 6. The van der Waals surface area contributed by atoms with Gasteiger partial charge < -0.3 is 24.7 Å². The van der Waals surface area contributed by atoms with Crippen LogP contribution in [0.5, 0.6) is 0 Å². The Morgan fingerprint density at radius 2 is 1.21 bits per heavy atom. The highest BCUT2D eigenvalue weighted by atomic mass is 28.4. The van der Waals surface area contributed by atoms with Crippen LogP contribution in [-0.2, 0) is 24.7 Å². The van der Waals surface area contributed by atoms with Crippen LogP contribution in [0, 0.1) is 6.92 Å². The monoisotopic (exact) mass is 366 g/mol. The molecular formula is C7H18O6Si6. The molecule has 0 saturated carbocycles. The van der Waals surface area contributed by atoms with Crippen molar-refractivity contribution in [1.29, 1.82) is 0 Å². The van der Waals surface area contributed by atoms with Crippen molar-refractivity contribution < 1.29 is 24.7 Å². The van der Waals surface area contributed by atoms with E-state index in [4.69, 9.17) is 24.7 Å². The molecule has 0 bridgehead atoms. The molecule has 0 aliphatic carbocycles. The number of aryl methyl sites for hydroxylation is 1. The van der Waals surface area contributed by atoms with E-state index in [2.05, 4.69) is 31.2 Å². The van der Waals surface area contributed by atoms with Crippen molar-refractivity contribution in [2.24, 2.45) is 0 Å². The van der Waals surface area contributed by atoms with Crippen molar-refractivity contribution in [3.05, 3.63) is 29.8 Å². The Bertz CT molecular complexity index is 354. The Labute approximate surface area is 126 Å². The normalized spacial score (nSPS) is 29.6. The molecule has 0 aromatic heterocycles. The summed E-state index contributed by atoms with van der Waals surface area (Å²) >= 11 is 0. The summed E-state index contributed by atoms with van der Waals surface area (Å²) in [6.07, 6.45) is 0. The van der Waals surface area contributed by atoms with E-state index in [-0.39, 0.29) is 0 Å². The lowest BCUT2D eigenvalue weighted by atomic mass is 10.2. The highest BCUT2D eigenvalue weighted by Gasteiger charge is 2.17. The van der Waals surface area contributed by atoms with Gasteiger partial charge in [-0.25, -0.2) is 0 Å². The zero-order valence-electron chi connectivity index (χ0n) is 10.9. The van der Waals surface area contributed by atoms with Crippen molar-refractivity contribution in [2.45, 2.75) is 6.92 Å².